The quantitative estimate of drug-likeness (QED) is 0.856. The van der Waals surface area contributed by atoms with Crippen LogP contribution in [0.15, 0.2) is 42.5 Å². The maximum absolute atomic E-state index is 9.54. The van der Waals surface area contributed by atoms with E-state index >= 15 is 0 Å². The van der Waals surface area contributed by atoms with Gasteiger partial charge in [-0.2, -0.15) is 0 Å². The van der Waals surface area contributed by atoms with Crippen molar-refractivity contribution in [2.24, 2.45) is 0 Å². The molecule has 82 valence electrons. The lowest BCUT2D eigenvalue weighted by Gasteiger charge is -2.07. The lowest BCUT2D eigenvalue weighted by molar-refractivity contribution is 0.411. The highest BCUT2D eigenvalue weighted by molar-refractivity contribution is 6.31. The zero-order chi connectivity index (χ0) is 11.5. The Morgan fingerprint density at radius 1 is 0.875 bits per heavy atom. The second-order valence-electron chi connectivity index (χ2n) is 3.17. The minimum atomic E-state index is 0.0411. The Morgan fingerprint density at radius 2 is 1.50 bits per heavy atom. The number of halogens is 2. The maximum atomic E-state index is 9.54. The summed E-state index contributed by atoms with van der Waals surface area (Å²) in [5, 5.41) is 10.7. The van der Waals surface area contributed by atoms with E-state index in [2.05, 4.69) is 0 Å². The monoisotopic (exact) mass is 254 g/mol. The van der Waals surface area contributed by atoms with Crippen molar-refractivity contribution < 1.29 is 9.84 Å². The van der Waals surface area contributed by atoms with E-state index in [0.717, 1.165) is 0 Å². The summed E-state index contributed by atoms with van der Waals surface area (Å²) in [7, 11) is 0. The van der Waals surface area contributed by atoms with Crippen molar-refractivity contribution in [3.05, 3.63) is 52.5 Å². The Kier molecular flexibility index (Phi) is 3.22. The number of rotatable bonds is 2. The van der Waals surface area contributed by atoms with Gasteiger partial charge in [0.05, 0.1) is 0 Å². The number of ether oxygens (including phenoxy) is 1. The van der Waals surface area contributed by atoms with Crippen LogP contribution in [0.2, 0.25) is 10.0 Å². The summed E-state index contributed by atoms with van der Waals surface area (Å²) in [6.07, 6.45) is 0. The first-order valence-corrected chi connectivity index (χ1v) is 5.33. The zero-order valence-corrected chi connectivity index (χ0v) is 9.66. The van der Waals surface area contributed by atoms with Crippen LogP contribution in [0.5, 0.6) is 17.2 Å². The normalized spacial score (nSPS) is 10.1. The summed E-state index contributed by atoms with van der Waals surface area (Å²) in [6, 6.07) is 11.5. The summed E-state index contributed by atoms with van der Waals surface area (Å²) in [5.74, 6) is 0.941. The smallest absolute Gasteiger partial charge is 0.170 e. The van der Waals surface area contributed by atoms with Gasteiger partial charge in [0.15, 0.2) is 11.5 Å². The van der Waals surface area contributed by atoms with Crippen molar-refractivity contribution in [2.75, 3.05) is 0 Å². The highest BCUT2D eigenvalue weighted by Crippen LogP contribution is 2.33. The minimum absolute atomic E-state index is 0.0411. The summed E-state index contributed by atoms with van der Waals surface area (Å²) in [4.78, 5) is 0. The van der Waals surface area contributed by atoms with E-state index in [1.54, 1.807) is 36.4 Å². The molecule has 0 amide bonds. The number of hydrogen-bond donors (Lipinski definition) is 1. The summed E-state index contributed by atoms with van der Waals surface area (Å²) in [6.45, 7) is 0. The molecule has 0 aromatic heterocycles. The first-order valence-electron chi connectivity index (χ1n) is 4.57. The Morgan fingerprint density at radius 3 is 2.19 bits per heavy atom. The van der Waals surface area contributed by atoms with E-state index in [-0.39, 0.29) is 5.75 Å². The number of benzene rings is 2. The van der Waals surface area contributed by atoms with Gasteiger partial charge in [0.2, 0.25) is 0 Å². The fourth-order valence-electron chi connectivity index (χ4n) is 1.20. The van der Waals surface area contributed by atoms with E-state index in [1.807, 2.05) is 0 Å². The topological polar surface area (TPSA) is 29.5 Å². The molecule has 0 spiro atoms. The van der Waals surface area contributed by atoms with Gasteiger partial charge in [-0.05, 0) is 36.4 Å². The molecule has 0 bridgehead atoms. The number of phenolic OH excluding ortho intramolecular Hbond substituents is 1. The second kappa shape index (κ2) is 4.64. The van der Waals surface area contributed by atoms with Gasteiger partial charge in [-0.1, -0.05) is 23.2 Å². The van der Waals surface area contributed by atoms with Gasteiger partial charge in [-0.25, -0.2) is 0 Å². The molecule has 0 atom stereocenters. The molecule has 0 aliphatic carbocycles. The largest absolute Gasteiger partial charge is 0.504 e. The third-order valence-electron chi connectivity index (χ3n) is 1.96. The van der Waals surface area contributed by atoms with Crippen LogP contribution in [-0.2, 0) is 0 Å². The summed E-state index contributed by atoms with van der Waals surface area (Å²) < 4.78 is 5.45. The van der Waals surface area contributed by atoms with Crippen molar-refractivity contribution in [3.8, 4) is 17.2 Å². The molecule has 0 fully saturated rings. The Balaban J connectivity index is 2.26. The number of phenols is 1. The van der Waals surface area contributed by atoms with Gasteiger partial charge >= 0.3 is 0 Å². The average molecular weight is 255 g/mol. The van der Waals surface area contributed by atoms with Crippen LogP contribution in [0.25, 0.3) is 0 Å². The summed E-state index contributed by atoms with van der Waals surface area (Å²) in [5.41, 5.74) is 0. The van der Waals surface area contributed by atoms with E-state index in [4.69, 9.17) is 27.9 Å². The third-order valence-corrected chi connectivity index (χ3v) is 2.45. The Labute approximate surface area is 103 Å². The predicted molar refractivity (Wildman–Crippen MR) is 64.6 cm³/mol. The van der Waals surface area contributed by atoms with E-state index in [1.165, 1.54) is 6.07 Å². The number of hydrogen-bond acceptors (Lipinski definition) is 2. The fraction of sp³-hybridized carbons (Fsp3) is 0. The molecule has 4 heteroatoms. The lowest BCUT2D eigenvalue weighted by Crippen LogP contribution is -1.84. The van der Waals surface area contributed by atoms with Crippen LogP contribution in [0.4, 0.5) is 0 Å². The third kappa shape index (κ3) is 2.60. The minimum Gasteiger partial charge on any atom is -0.504 e. The van der Waals surface area contributed by atoms with Crippen molar-refractivity contribution in [3.63, 3.8) is 0 Å². The molecule has 0 aliphatic heterocycles. The molecule has 1 N–H and O–H groups in total. The summed E-state index contributed by atoms with van der Waals surface area (Å²) >= 11 is 11.5. The molecule has 0 saturated carbocycles. The number of aromatic hydroxyl groups is 1. The standard InChI is InChI=1S/C12H8Cl2O2/c13-8-1-4-10(5-2-8)16-12-7-9(14)3-6-11(12)15/h1-7,15H. The molecule has 0 heterocycles. The van der Waals surface area contributed by atoms with Gasteiger partial charge in [0.25, 0.3) is 0 Å². The van der Waals surface area contributed by atoms with Gasteiger partial charge in [-0.3, -0.25) is 0 Å². The van der Waals surface area contributed by atoms with Gasteiger partial charge in [0, 0.05) is 16.1 Å². The molecule has 0 saturated heterocycles. The van der Waals surface area contributed by atoms with Gasteiger partial charge in [-0.15, -0.1) is 0 Å². The van der Waals surface area contributed by atoms with E-state index in [0.29, 0.717) is 21.5 Å². The highest BCUT2D eigenvalue weighted by atomic mass is 35.5. The molecule has 0 aliphatic rings. The first-order chi connectivity index (χ1) is 7.65. The highest BCUT2D eigenvalue weighted by Gasteiger charge is 2.04. The average Bonchev–Trinajstić information content (AvgIpc) is 2.27. The van der Waals surface area contributed by atoms with Gasteiger partial charge < -0.3 is 9.84 Å². The molecule has 0 radical (unpaired) electrons. The van der Waals surface area contributed by atoms with Crippen molar-refractivity contribution >= 4 is 23.2 Å². The molecular formula is C12H8Cl2O2. The maximum Gasteiger partial charge on any atom is 0.170 e. The van der Waals surface area contributed by atoms with Crippen LogP contribution in [0, 0.1) is 0 Å². The van der Waals surface area contributed by atoms with E-state index in [9.17, 15) is 5.11 Å². The van der Waals surface area contributed by atoms with Crippen molar-refractivity contribution in [1.29, 1.82) is 0 Å². The molecule has 2 rings (SSSR count). The fourth-order valence-corrected chi connectivity index (χ4v) is 1.49. The first kappa shape index (κ1) is 11.1. The molecule has 16 heavy (non-hydrogen) atoms. The Bertz CT molecular complexity index is 495. The van der Waals surface area contributed by atoms with Crippen molar-refractivity contribution in [2.45, 2.75) is 0 Å². The van der Waals surface area contributed by atoms with E-state index < -0.39 is 0 Å². The zero-order valence-electron chi connectivity index (χ0n) is 8.15. The second-order valence-corrected chi connectivity index (χ2v) is 4.04. The van der Waals surface area contributed by atoms with Crippen LogP contribution < -0.4 is 4.74 Å². The molecule has 2 aromatic carbocycles. The van der Waals surface area contributed by atoms with Crippen LogP contribution in [0.3, 0.4) is 0 Å². The molecule has 2 aromatic rings. The van der Waals surface area contributed by atoms with Crippen LogP contribution in [-0.4, -0.2) is 5.11 Å². The van der Waals surface area contributed by atoms with Crippen LogP contribution in [0.1, 0.15) is 0 Å². The Hall–Kier alpha value is -1.38. The molecular weight excluding hydrogens is 247 g/mol. The predicted octanol–water partition coefficient (Wildman–Crippen LogP) is 4.49. The molecule has 2 nitrogen and oxygen atoms in total. The SMILES string of the molecule is Oc1ccc(Cl)cc1Oc1ccc(Cl)cc1. The van der Waals surface area contributed by atoms with Crippen molar-refractivity contribution in [1.82, 2.24) is 0 Å². The lowest BCUT2D eigenvalue weighted by atomic mass is 10.3. The van der Waals surface area contributed by atoms with Gasteiger partial charge in [0.1, 0.15) is 5.75 Å². The van der Waals surface area contributed by atoms with Crippen LogP contribution >= 0.6 is 23.2 Å². The molecule has 0 unspecified atom stereocenters.